The number of rotatable bonds is 5. The molecular formula is C22H19ClN6O2. The zero-order valence-electron chi connectivity index (χ0n) is 16.5. The van der Waals surface area contributed by atoms with Crippen molar-refractivity contribution >= 4 is 39.2 Å². The smallest absolute Gasteiger partial charge is 0.261 e. The number of fused-ring (bicyclic) bond motifs is 2. The summed E-state index contributed by atoms with van der Waals surface area (Å²) in [4.78, 5) is 24.6. The van der Waals surface area contributed by atoms with E-state index in [2.05, 4.69) is 30.5 Å². The Kier molecular flexibility index (Phi) is 4.72. The molecule has 3 heterocycles. The first-order chi connectivity index (χ1) is 15.0. The quantitative estimate of drug-likeness (QED) is 0.287. The number of hydrogen-bond donors (Lipinski definition) is 5. The fourth-order valence-corrected chi connectivity index (χ4v) is 3.95. The highest BCUT2D eigenvalue weighted by Crippen LogP contribution is 2.29. The average molecular weight is 435 g/mol. The Bertz CT molecular complexity index is 1470. The van der Waals surface area contributed by atoms with Gasteiger partial charge in [-0.3, -0.25) is 4.79 Å². The molecule has 8 nitrogen and oxygen atoms in total. The maximum Gasteiger partial charge on any atom is 0.261 e. The van der Waals surface area contributed by atoms with Gasteiger partial charge in [-0.25, -0.2) is 9.97 Å². The van der Waals surface area contributed by atoms with E-state index in [0.717, 1.165) is 22.0 Å². The normalized spacial score (nSPS) is 12.5. The van der Waals surface area contributed by atoms with Crippen molar-refractivity contribution in [3.63, 3.8) is 0 Å². The summed E-state index contributed by atoms with van der Waals surface area (Å²) < 4.78 is 0. The zero-order valence-corrected chi connectivity index (χ0v) is 17.3. The van der Waals surface area contributed by atoms with Crippen LogP contribution in [-0.4, -0.2) is 36.8 Å². The van der Waals surface area contributed by atoms with E-state index in [4.69, 9.17) is 11.6 Å². The largest absolute Gasteiger partial charge is 0.387 e. The first-order valence-electron chi connectivity index (χ1n) is 9.73. The average Bonchev–Trinajstić information content (AvgIpc) is 3.39. The maximum absolute atomic E-state index is 12.7. The fourth-order valence-electron chi connectivity index (χ4n) is 3.75. The van der Waals surface area contributed by atoms with E-state index < -0.39 is 6.10 Å². The van der Waals surface area contributed by atoms with Crippen molar-refractivity contribution < 1.29 is 5.11 Å². The molecule has 0 aliphatic heterocycles. The molecule has 0 saturated heterocycles. The molecule has 31 heavy (non-hydrogen) atoms. The Balaban J connectivity index is 1.51. The molecule has 156 valence electrons. The van der Waals surface area contributed by atoms with Crippen LogP contribution in [0.1, 0.15) is 17.2 Å². The lowest BCUT2D eigenvalue weighted by atomic mass is 10.1. The van der Waals surface area contributed by atoms with Crippen LogP contribution in [0.2, 0.25) is 5.02 Å². The highest BCUT2D eigenvalue weighted by atomic mass is 35.5. The van der Waals surface area contributed by atoms with Crippen molar-refractivity contribution in [1.82, 2.24) is 25.1 Å². The van der Waals surface area contributed by atoms with Crippen LogP contribution in [0.15, 0.2) is 53.6 Å². The summed E-state index contributed by atoms with van der Waals surface area (Å²) in [5.41, 5.74) is 4.57. The minimum Gasteiger partial charge on any atom is -0.387 e. The molecule has 2 aromatic carbocycles. The number of benzene rings is 2. The second-order valence-corrected chi connectivity index (χ2v) is 7.78. The van der Waals surface area contributed by atoms with Gasteiger partial charge in [-0.2, -0.15) is 0 Å². The molecule has 0 aliphatic carbocycles. The molecule has 1 atom stereocenters. The molecule has 1 unspecified atom stereocenters. The van der Waals surface area contributed by atoms with Crippen molar-refractivity contribution in [2.45, 2.75) is 13.0 Å². The van der Waals surface area contributed by atoms with Gasteiger partial charge < -0.3 is 25.6 Å². The number of nitrogens with one attached hydrogen (secondary N) is 4. The highest BCUT2D eigenvalue weighted by Gasteiger charge is 2.18. The topological polar surface area (TPSA) is 122 Å². The van der Waals surface area contributed by atoms with E-state index in [1.165, 1.54) is 0 Å². The summed E-state index contributed by atoms with van der Waals surface area (Å²) in [5.74, 6) is 0.330. The van der Waals surface area contributed by atoms with Gasteiger partial charge in [0.2, 0.25) is 0 Å². The molecule has 5 aromatic rings. The number of nitrogens with zero attached hydrogens (tertiary/aromatic N) is 2. The minimum atomic E-state index is -0.801. The van der Waals surface area contributed by atoms with Gasteiger partial charge in [0, 0.05) is 29.3 Å². The van der Waals surface area contributed by atoms with Crippen LogP contribution < -0.4 is 10.9 Å². The lowest BCUT2D eigenvalue weighted by Crippen LogP contribution is -2.17. The third-order valence-electron chi connectivity index (χ3n) is 5.34. The molecule has 3 aromatic heterocycles. The Morgan fingerprint density at radius 2 is 2.10 bits per heavy atom. The number of H-pyrrole nitrogens is 3. The predicted molar refractivity (Wildman–Crippen MR) is 121 cm³/mol. The Hall–Kier alpha value is -3.62. The monoisotopic (exact) mass is 434 g/mol. The number of anilines is 1. The van der Waals surface area contributed by atoms with Crippen LogP contribution in [0.4, 0.5) is 5.69 Å². The van der Waals surface area contributed by atoms with Gasteiger partial charge in [-0.15, -0.1) is 0 Å². The second-order valence-electron chi connectivity index (χ2n) is 7.34. The van der Waals surface area contributed by atoms with Crippen LogP contribution in [-0.2, 0) is 0 Å². The first kappa shape index (κ1) is 19.3. The van der Waals surface area contributed by atoms with Crippen molar-refractivity contribution in [2.75, 3.05) is 11.9 Å². The highest BCUT2D eigenvalue weighted by molar-refractivity contribution is 6.30. The number of aliphatic hydroxyl groups excluding tert-OH is 1. The molecule has 0 saturated carbocycles. The van der Waals surface area contributed by atoms with Crippen LogP contribution >= 0.6 is 11.6 Å². The molecule has 0 aliphatic rings. The molecule has 0 bridgehead atoms. The fraction of sp³-hybridized carbons (Fsp3) is 0.136. The molecule has 0 radical (unpaired) electrons. The Labute approximate surface area is 181 Å². The van der Waals surface area contributed by atoms with Crippen molar-refractivity contribution in [1.29, 1.82) is 0 Å². The molecule has 5 N–H and O–H groups in total. The third kappa shape index (κ3) is 3.45. The summed E-state index contributed by atoms with van der Waals surface area (Å²) in [6, 6.07) is 10.7. The summed E-state index contributed by atoms with van der Waals surface area (Å²) in [6.07, 6.45) is 2.62. The van der Waals surface area contributed by atoms with Gasteiger partial charge >= 0.3 is 0 Å². The summed E-state index contributed by atoms with van der Waals surface area (Å²) in [7, 11) is 0. The molecule has 0 amide bonds. The van der Waals surface area contributed by atoms with Crippen LogP contribution in [0, 0.1) is 6.92 Å². The predicted octanol–water partition coefficient (Wildman–Crippen LogP) is 3.90. The molecule has 9 heteroatoms. The van der Waals surface area contributed by atoms with Crippen LogP contribution in [0.3, 0.4) is 0 Å². The molecule has 0 spiro atoms. The first-order valence-corrected chi connectivity index (χ1v) is 10.1. The van der Waals surface area contributed by atoms with Crippen LogP contribution in [0.5, 0.6) is 0 Å². The number of aryl methyl sites for hydroxylation is 1. The molecule has 5 rings (SSSR count). The summed E-state index contributed by atoms with van der Waals surface area (Å²) in [6.45, 7) is 2.16. The number of aliphatic hydroxyl groups is 1. The number of pyridine rings is 1. The molecule has 0 fully saturated rings. The van der Waals surface area contributed by atoms with Crippen molar-refractivity contribution in [2.24, 2.45) is 0 Å². The number of aromatic nitrogens is 5. The minimum absolute atomic E-state index is 0.189. The summed E-state index contributed by atoms with van der Waals surface area (Å²) in [5, 5.41) is 21.3. The standard InChI is InChI=1S/C22H19ClN6O2/c1-11-14-9-26-29-16(14)8-17-20(11)28-21(27-17)19-15(5-6-24-22(19)31)25-10-18(30)12-3-2-4-13(23)7-12/h2-9,18,26,29-30H,10H2,1H3,(H2,24,25,31). The number of halogens is 1. The lowest BCUT2D eigenvalue weighted by Gasteiger charge is -2.15. The van der Waals surface area contributed by atoms with E-state index >= 15 is 0 Å². The van der Waals surface area contributed by atoms with E-state index in [-0.39, 0.29) is 12.1 Å². The third-order valence-corrected chi connectivity index (χ3v) is 5.58. The number of imidazole rings is 1. The van der Waals surface area contributed by atoms with Gasteiger partial charge in [0.1, 0.15) is 5.56 Å². The van der Waals surface area contributed by atoms with Crippen molar-refractivity contribution in [3.8, 4) is 11.4 Å². The van der Waals surface area contributed by atoms with Gasteiger partial charge in [0.25, 0.3) is 5.56 Å². The second kappa shape index (κ2) is 7.57. The van der Waals surface area contributed by atoms with Crippen molar-refractivity contribution in [3.05, 3.63) is 75.3 Å². The zero-order chi connectivity index (χ0) is 21.5. The Morgan fingerprint density at radius 1 is 1.23 bits per heavy atom. The van der Waals surface area contributed by atoms with Crippen LogP contribution in [0.25, 0.3) is 33.3 Å². The van der Waals surface area contributed by atoms with Gasteiger partial charge in [0.05, 0.1) is 28.3 Å². The SMILES string of the molecule is Cc1c2c[nH][nH]c2cc2nc(-c3c(NCC(O)c4cccc(Cl)c4)cc[nH]c3=O)nc12. The van der Waals surface area contributed by atoms with Gasteiger partial charge in [-0.05, 0) is 42.3 Å². The lowest BCUT2D eigenvalue weighted by molar-refractivity contribution is 0.191. The summed E-state index contributed by atoms with van der Waals surface area (Å²) >= 11 is 6.02. The van der Waals surface area contributed by atoms with Gasteiger partial charge in [0.15, 0.2) is 5.82 Å². The number of hydrogen-bond acceptors (Lipinski definition) is 5. The maximum atomic E-state index is 12.7. The molecular weight excluding hydrogens is 416 g/mol. The Morgan fingerprint density at radius 3 is 2.94 bits per heavy atom. The van der Waals surface area contributed by atoms with E-state index in [1.807, 2.05) is 19.2 Å². The van der Waals surface area contributed by atoms with E-state index in [9.17, 15) is 9.90 Å². The number of aromatic amines is 3. The van der Waals surface area contributed by atoms with E-state index in [1.54, 1.807) is 36.5 Å². The van der Waals surface area contributed by atoms with Gasteiger partial charge in [-0.1, -0.05) is 23.7 Å². The van der Waals surface area contributed by atoms with E-state index in [0.29, 0.717) is 33.2 Å².